The molecule has 5 nitrogen and oxygen atoms in total. The van der Waals surface area contributed by atoms with Crippen LogP contribution in [0.1, 0.15) is 11.3 Å². The Morgan fingerprint density at radius 2 is 1.76 bits per heavy atom. The molecule has 3 aromatic heterocycles. The average molecular weight is 397 g/mol. The van der Waals surface area contributed by atoms with Crippen molar-refractivity contribution in [2.45, 2.75) is 12.7 Å². The van der Waals surface area contributed by atoms with Gasteiger partial charge in [-0.25, -0.2) is 9.67 Å². The minimum absolute atomic E-state index is 0.468. The fourth-order valence-corrected chi connectivity index (χ4v) is 3.19. The van der Waals surface area contributed by atoms with Crippen LogP contribution in [0.25, 0.3) is 27.7 Å². The molecule has 0 N–H and O–H groups in total. The van der Waals surface area contributed by atoms with Gasteiger partial charge >= 0.3 is 6.18 Å². The van der Waals surface area contributed by atoms with Crippen LogP contribution in [0, 0.1) is 0 Å². The maximum absolute atomic E-state index is 12.7. The van der Waals surface area contributed by atoms with E-state index >= 15 is 0 Å². The first-order valence-corrected chi connectivity index (χ1v) is 8.92. The number of benzene rings is 1. The van der Waals surface area contributed by atoms with Crippen LogP contribution >= 0.6 is 0 Å². The molecule has 0 aliphatic rings. The third-order valence-electron chi connectivity index (χ3n) is 4.48. The highest BCUT2D eigenvalue weighted by atomic mass is 19.4. The van der Waals surface area contributed by atoms with Crippen molar-refractivity contribution in [2.24, 2.45) is 0 Å². The van der Waals surface area contributed by atoms with Crippen LogP contribution in [0.4, 0.5) is 13.2 Å². The number of fused-ring (bicyclic) bond motifs is 1. The lowest BCUT2D eigenvalue weighted by atomic mass is 10.0. The van der Waals surface area contributed by atoms with E-state index in [-0.39, 0.29) is 0 Å². The Morgan fingerprint density at radius 1 is 0.931 bits per heavy atom. The number of hydrogen-bond acceptors (Lipinski definition) is 4. The number of nitrogens with zero attached hydrogens (tertiary/aromatic N) is 5. The lowest BCUT2D eigenvalue weighted by Crippen LogP contribution is -2.10. The highest BCUT2D eigenvalue weighted by Gasteiger charge is 2.32. The Hall–Kier alpha value is -3.26. The molecule has 4 aromatic rings. The van der Waals surface area contributed by atoms with Crippen LogP contribution in [0.3, 0.4) is 0 Å². The third kappa shape index (κ3) is 3.97. The smallest absolute Gasteiger partial charge is 0.305 e. The third-order valence-corrected chi connectivity index (χ3v) is 4.48. The molecule has 8 heteroatoms. The summed E-state index contributed by atoms with van der Waals surface area (Å²) >= 11 is 0. The van der Waals surface area contributed by atoms with E-state index in [2.05, 4.69) is 26.0 Å². The largest absolute Gasteiger partial charge is 0.433 e. The molecule has 0 atom stereocenters. The van der Waals surface area contributed by atoms with E-state index in [1.54, 1.807) is 10.9 Å². The SMILES string of the molecule is CN(C)Cc1cncc(-c2ccc3c(cnn3-c3ccc(C(F)(F)F)nc3)c2)c1. The van der Waals surface area contributed by atoms with Gasteiger partial charge in [-0.15, -0.1) is 0 Å². The zero-order chi connectivity index (χ0) is 20.6. The monoisotopic (exact) mass is 397 g/mol. The lowest BCUT2D eigenvalue weighted by molar-refractivity contribution is -0.141. The van der Waals surface area contributed by atoms with Crippen molar-refractivity contribution in [2.75, 3.05) is 14.1 Å². The highest BCUT2D eigenvalue weighted by Crippen LogP contribution is 2.29. The summed E-state index contributed by atoms with van der Waals surface area (Å²) in [6, 6.07) is 10.3. The van der Waals surface area contributed by atoms with E-state index in [9.17, 15) is 13.2 Å². The quantitative estimate of drug-likeness (QED) is 0.506. The molecule has 0 amide bonds. The first-order chi connectivity index (χ1) is 13.8. The maximum atomic E-state index is 12.7. The van der Waals surface area contributed by atoms with Crippen LogP contribution in [0.15, 0.2) is 61.2 Å². The predicted octanol–water partition coefficient (Wildman–Crippen LogP) is 4.56. The molecule has 0 bridgehead atoms. The van der Waals surface area contributed by atoms with E-state index < -0.39 is 11.9 Å². The number of pyridine rings is 2. The normalized spacial score (nSPS) is 12.1. The number of halogens is 3. The van der Waals surface area contributed by atoms with Gasteiger partial charge < -0.3 is 4.90 Å². The van der Waals surface area contributed by atoms with E-state index in [1.807, 2.05) is 44.7 Å². The van der Waals surface area contributed by atoms with Gasteiger partial charge in [0.1, 0.15) is 5.69 Å². The Labute approximate surface area is 165 Å². The number of alkyl halides is 3. The number of rotatable bonds is 4. The molecule has 0 aliphatic carbocycles. The van der Waals surface area contributed by atoms with Crippen LogP contribution in [0.2, 0.25) is 0 Å². The Balaban J connectivity index is 1.68. The fraction of sp³-hybridized carbons (Fsp3) is 0.190. The molecule has 148 valence electrons. The summed E-state index contributed by atoms with van der Waals surface area (Å²) in [6.45, 7) is 0.794. The molecule has 0 aliphatic heterocycles. The molecule has 4 rings (SSSR count). The Bertz CT molecular complexity index is 1150. The second kappa shape index (κ2) is 7.29. The van der Waals surface area contributed by atoms with Gasteiger partial charge in [-0.2, -0.15) is 18.3 Å². The summed E-state index contributed by atoms with van der Waals surface area (Å²) < 4.78 is 39.8. The van der Waals surface area contributed by atoms with Crippen molar-refractivity contribution >= 4 is 10.9 Å². The molecule has 3 heterocycles. The fourth-order valence-electron chi connectivity index (χ4n) is 3.19. The van der Waals surface area contributed by atoms with Gasteiger partial charge in [-0.1, -0.05) is 6.07 Å². The molecule has 0 spiro atoms. The van der Waals surface area contributed by atoms with Crippen LogP contribution in [-0.4, -0.2) is 38.7 Å². The summed E-state index contributed by atoms with van der Waals surface area (Å²) in [5.41, 5.74) is 3.43. The van der Waals surface area contributed by atoms with Gasteiger partial charge in [0.25, 0.3) is 0 Å². The molecule has 0 unspecified atom stereocenters. The van der Waals surface area contributed by atoms with Gasteiger partial charge in [0, 0.05) is 29.9 Å². The van der Waals surface area contributed by atoms with Gasteiger partial charge in [0.2, 0.25) is 0 Å². The van der Waals surface area contributed by atoms with E-state index in [4.69, 9.17) is 0 Å². The molecule has 0 saturated heterocycles. The average Bonchev–Trinajstić information content (AvgIpc) is 3.10. The Kier molecular flexibility index (Phi) is 4.79. The van der Waals surface area contributed by atoms with Crippen molar-refractivity contribution in [1.82, 2.24) is 24.6 Å². The van der Waals surface area contributed by atoms with Gasteiger partial charge in [0.15, 0.2) is 0 Å². The van der Waals surface area contributed by atoms with Crippen molar-refractivity contribution in [1.29, 1.82) is 0 Å². The van der Waals surface area contributed by atoms with E-state index in [0.717, 1.165) is 40.2 Å². The minimum Gasteiger partial charge on any atom is -0.305 e. The topological polar surface area (TPSA) is 46.8 Å². The lowest BCUT2D eigenvalue weighted by Gasteiger charge is -2.11. The van der Waals surface area contributed by atoms with Gasteiger partial charge in [-0.05, 0) is 55.6 Å². The van der Waals surface area contributed by atoms with E-state index in [0.29, 0.717) is 5.69 Å². The standard InChI is InChI=1S/C21H18F3N5/c1-28(2)13-14-7-16(10-25-9-14)15-3-5-19-17(8-15)11-27-29(19)18-4-6-20(26-12-18)21(22,23)24/h3-12H,13H2,1-2H3. The summed E-state index contributed by atoms with van der Waals surface area (Å²) in [5, 5.41) is 5.20. The predicted molar refractivity (Wildman–Crippen MR) is 104 cm³/mol. The zero-order valence-electron chi connectivity index (χ0n) is 15.9. The summed E-state index contributed by atoms with van der Waals surface area (Å²) in [6.07, 6.45) is 2.06. The maximum Gasteiger partial charge on any atom is 0.433 e. The summed E-state index contributed by atoms with van der Waals surface area (Å²) in [4.78, 5) is 9.92. The minimum atomic E-state index is -4.46. The number of aromatic nitrogens is 4. The molecular formula is C21H18F3N5. The van der Waals surface area contributed by atoms with Crippen molar-refractivity contribution in [3.8, 4) is 16.8 Å². The van der Waals surface area contributed by atoms with Crippen LogP contribution in [0.5, 0.6) is 0 Å². The summed E-state index contributed by atoms with van der Waals surface area (Å²) in [5.74, 6) is 0. The van der Waals surface area contributed by atoms with Crippen LogP contribution < -0.4 is 0 Å². The molecule has 29 heavy (non-hydrogen) atoms. The first-order valence-electron chi connectivity index (χ1n) is 8.92. The molecule has 1 aromatic carbocycles. The molecular weight excluding hydrogens is 379 g/mol. The molecule has 0 saturated carbocycles. The number of hydrogen-bond donors (Lipinski definition) is 0. The van der Waals surface area contributed by atoms with Crippen molar-refractivity contribution in [3.05, 3.63) is 72.4 Å². The van der Waals surface area contributed by atoms with Gasteiger partial charge in [-0.3, -0.25) is 4.98 Å². The highest BCUT2D eigenvalue weighted by molar-refractivity contribution is 5.85. The second-order valence-corrected chi connectivity index (χ2v) is 7.05. The molecule has 0 radical (unpaired) electrons. The second-order valence-electron chi connectivity index (χ2n) is 7.05. The van der Waals surface area contributed by atoms with Gasteiger partial charge in [0.05, 0.1) is 23.6 Å². The van der Waals surface area contributed by atoms with Crippen molar-refractivity contribution < 1.29 is 13.2 Å². The Morgan fingerprint density at radius 3 is 2.45 bits per heavy atom. The van der Waals surface area contributed by atoms with Crippen molar-refractivity contribution in [3.63, 3.8) is 0 Å². The molecule has 0 fully saturated rings. The zero-order valence-corrected chi connectivity index (χ0v) is 15.9. The first kappa shape index (κ1) is 19.1. The summed E-state index contributed by atoms with van der Waals surface area (Å²) in [7, 11) is 4.01. The van der Waals surface area contributed by atoms with Crippen LogP contribution in [-0.2, 0) is 12.7 Å². The van der Waals surface area contributed by atoms with E-state index in [1.165, 1.54) is 12.3 Å².